The molecule has 1 rings (SSSR count). The van der Waals surface area contributed by atoms with E-state index in [2.05, 4.69) is 15.3 Å². The zero-order valence-corrected chi connectivity index (χ0v) is 11.4. The van der Waals surface area contributed by atoms with Crippen molar-refractivity contribution in [2.75, 3.05) is 11.6 Å². The summed E-state index contributed by atoms with van der Waals surface area (Å²) >= 11 is 7.29. The molecular weight excluding hydrogens is 246 g/mol. The van der Waals surface area contributed by atoms with Gasteiger partial charge in [-0.2, -0.15) is 0 Å². The lowest BCUT2D eigenvalue weighted by Gasteiger charge is -2.29. The number of hydrogen-bond donors (Lipinski definition) is 2. The summed E-state index contributed by atoms with van der Waals surface area (Å²) in [5.74, 6) is 0.621. The molecule has 0 fully saturated rings. The minimum absolute atomic E-state index is 0.392. The summed E-state index contributed by atoms with van der Waals surface area (Å²) < 4.78 is 0. The number of nitrogens with zero attached hydrogens (tertiary/aromatic N) is 2. The smallest absolute Gasteiger partial charge is 0.190 e. The number of aromatic nitrogens is 2. The van der Waals surface area contributed by atoms with Crippen molar-refractivity contribution in [2.45, 2.75) is 37.6 Å². The van der Waals surface area contributed by atoms with Crippen molar-refractivity contribution in [3.8, 4) is 0 Å². The third kappa shape index (κ3) is 3.50. The maximum absolute atomic E-state index is 9.59. The molecule has 1 atom stereocenters. The monoisotopic (exact) mass is 261 g/mol. The van der Waals surface area contributed by atoms with Crippen molar-refractivity contribution in [1.29, 1.82) is 0 Å². The second-order valence-electron chi connectivity index (χ2n) is 4.09. The second-order valence-corrected chi connectivity index (χ2v) is 5.25. The van der Waals surface area contributed by atoms with Crippen LogP contribution in [0.4, 0.5) is 5.82 Å². The lowest BCUT2D eigenvalue weighted by molar-refractivity contribution is 0.133. The zero-order chi connectivity index (χ0) is 12.3. The molecule has 0 aromatic carbocycles. The molecule has 1 heterocycles. The van der Waals surface area contributed by atoms with Crippen molar-refractivity contribution >= 4 is 29.2 Å². The van der Waals surface area contributed by atoms with Gasteiger partial charge in [-0.3, -0.25) is 0 Å². The molecule has 16 heavy (non-hydrogen) atoms. The van der Waals surface area contributed by atoms with Crippen molar-refractivity contribution in [3.05, 3.63) is 11.2 Å². The SMILES string of the molecule is CSc1nc(Cl)cc(NC(C)(C)C(C)O)n1. The average molecular weight is 262 g/mol. The predicted octanol–water partition coefficient (Wildman–Crippen LogP) is 2.42. The number of thioether (sulfide) groups is 1. The summed E-state index contributed by atoms with van der Waals surface area (Å²) in [6.07, 6.45) is 1.38. The van der Waals surface area contributed by atoms with Gasteiger partial charge in [-0.05, 0) is 27.0 Å². The Balaban J connectivity index is 2.93. The fraction of sp³-hybridized carbons (Fsp3) is 0.600. The quantitative estimate of drug-likeness (QED) is 0.495. The lowest BCUT2D eigenvalue weighted by atomic mass is 9.99. The number of nitrogens with one attached hydrogen (secondary N) is 1. The van der Waals surface area contributed by atoms with Crippen LogP contribution in [0.2, 0.25) is 5.15 Å². The number of aliphatic hydroxyl groups excluding tert-OH is 1. The number of halogens is 1. The van der Waals surface area contributed by atoms with Gasteiger partial charge in [0.25, 0.3) is 0 Å². The van der Waals surface area contributed by atoms with E-state index in [9.17, 15) is 5.11 Å². The third-order valence-electron chi connectivity index (χ3n) is 2.35. The number of hydrogen-bond acceptors (Lipinski definition) is 5. The largest absolute Gasteiger partial charge is 0.391 e. The van der Waals surface area contributed by atoms with Crippen LogP contribution in [-0.4, -0.2) is 33.0 Å². The molecule has 0 spiro atoms. The summed E-state index contributed by atoms with van der Waals surface area (Å²) in [5, 5.41) is 13.7. The minimum Gasteiger partial charge on any atom is -0.391 e. The van der Waals surface area contributed by atoms with Crippen LogP contribution in [0.15, 0.2) is 11.2 Å². The van der Waals surface area contributed by atoms with Gasteiger partial charge in [0.2, 0.25) is 0 Å². The maximum Gasteiger partial charge on any atom is 0.190 e. The Labute approximate surface area is 105 Å². The molecule has 0 amide bonds. The maximum atomic E-state index is 9.59. The van der Waals surface area contributed by atoms with Crippen LogP contribution in [0.5, 0.6) is 0 Å². The molecule has 0 saturated carbocycles. The van der Waals surface area contributed by atoms with Crippen LogP contribution in [0, 0.1) is 0 Å². The summed E-state index contributed by atoms with van der Waals surface area (Å²) in [4.78, 5) is 8.31. The first-order valence-corrected chi connectivity index (χ1v) is 6.50. The van der Waals surface area contributed by atoms with E-state index in [1.54, 1.807) is 13.0 Å². The standard InChI is InChI=1S/C10H16ClN3OS/c1-6(15)10(2,3)14-8-5-7(11)12-9(13-8)16-4/h5-6,15H,1-4H3,(H,12,13,14). The summed E-state index contributed by atoms with van der Waals surface area (Å²) in [6, 6.07) is 1.64. The van der Waals surface area contributed by atoms with Gasteiger partial charge in [-0.15, -0.1) is 0 Å². The molecular formula is C10H16ClN3OS. The summed E-state index contributed by atoms with van der Waals surface area (Å²) in [7, 11) is 0. The fourth-order valence-corrected chi connectivity index (χ4v) is 1.60. The van der Waals surface area contributed by atoms with Crippen LogP contribution >= 0.6 is 23.4 Å². The Morgan fingerprint density at radius 3 is 2.62 bits per heavy atom. The molecule has 1 unspecified atom stereocenters. The van der Waals surface area contributed by atoms with E-state index in [1.807, 2.05) is 20.1 Å². The normalized spacial score (nSPS) is 13.6. The molecule has 0 radical (unpaired) electrons. The first kappa shape index (κ1) is 13.5. The molecule has 2 N–H and O–H groups in total. The number of rotatable bonds is 4. The lowest BCUT2D eigenvalue weighted by Crippen LogP contribution is -2.42. The van der Waals surface area contributed by atoms with Gasteiger partial charge in [-0.1, -0.05) is 23.4 Å². The predicted molar refractivity (Wildman–Crippen MR) is 68.2 cm³/mol. The van der Waals surface area contributed by atoms with Crippen molar-refractivity contribution in [3.63, 3.8) is 0 Å². The Morgan fingerprint density at radius 1 is 1.50 bits per heavy atom. The highest BCUT2D eigenvalue weighted by molar-refractivity contribution is 7.98. The summed E-state index contributed by atoms with van der Waals surface area (Å²) in [6.45, 7) is 5.52. The van der Waals surface area contributed by atoms with Crippen molar-refractivity contribution < 1.29 is 5.11 Å². The first-order chi connectivity index (χ1) is 7.35. The second kappa shape index (κ2) is 5.21. The van der Waals surface area contributed by atoms with E-state index in [0.29, 0.717) is 16.1 Å². The van der Waals surface area contributed by atoms with Crippen LogP contribution in [-0.2, 0) is 0 Å². The van der Waals surface area contributed by atoms with Crippen LogP contribution < -0.4 is 5.32 Å². The van der Waals surface area contributed by atoms with Gasteiger partial charge >= 0.3 is 0 Å². The van der Waals surface area contributed by atoms with Gasteiger partial charge < -0.3 is 10.4 Å². The van der Waals surface area contributed by atoms with Gasteiger partial charge in [-0.25, -0.2) is 9.97 Å². The Bertz CT molecular complexity index is 371. The van der Waals surface area contributed by atoms with Gasteiger partial charge in [0.05, 0.1) is 11.6 Å². The molecule has 90 valence electrons. The molecule has 0 aliphatic heterocycles. The van der Waals surface area contributed by atoms with E-state index in [1.165, 1.54) is 11.8 Å². The van der Waals surface area contributed by atoms with E-state index in [-0.39, 0.29) is 0 Å². The highest BCUT2D eigenvalue weighted by Crippen LogP contribution is 2.21. The molecule has 0 saturated heterocycles. The molecule has 0 aliphatic carbocycles. The summed E-state index contributed by atoms with van der Waals surface area (Å²) in [5.41, 5.74) is -0.465. The molecule has 6 heteroatoms. The first-order valence-electron chi connectivity index (χ1n) is 4.90. The number of anilines is 1. The fourth-order valence-electron chi connectivity index (χ4n) is 0.987. The Hall–Kier alpha value is -0.520. The third-order valence-corrected chi connectivity index (χ3v) is 3.09. The van der Waals surface area contributed by atoms with Gasteiger partial charge in [0.15, 0.2) is 5.16 Å². The Morgan fingerprint density at radius 2 is 2.12 bits per heavy atom. The highest BCUT2D eigenvalue weighted by atomic mass is 35.5. The highest BCUT2D eigenvalue weighted by Gasteiger charge is 2.24. The molecule has 1 aromatic rings. The van der Waals surface area contributed by atoms with Crippen molar-refractivity contribution in [2.24, 2.45) is 0 Å². The molecule has 1 aromatic heterocycles. The molecule has 0 bridgehead atoms. The topological polar surface area (TPSA) is 58.0 Å². The van der Waals surface area contributed by atoms with Crippen LogP contribution in [0.25, 0.3) is 0 Å². The molecule has 0 aliphatic rings. The van der Waals surface area contributed by atoms with E-state index < -0.39 is 11.6 Å². The van der Waals surface area contributed by atoms with Gasteiger partial charge in [0.1, 0.15) is 11.0 Å². The minimum atomic E-state index is -0.501. The molecule has 4 nitrogen and oxygen atoms in total. The van der Waals surface area contributed by atoms with E-state index in [4.69, 9.17) is 11.6 Å². The van der Waals surface area contributed by atoms with Gasteiger partial charge in [0, 0.05) is 6.07 Å². The number of aliphatic hydroxyl groups is 1. The zero-order valence-electron chi connectivity index (χ0n) is 9.78. The van der Waals surface area contributed by atoms with Crippen LogP contribution in [0.1, 0.15) is 20.8 Å². The van der Waals surface area contributed by atoms with E-state index in [0.717, 1.165) is 0 Å². The Kier molecular flexibility index (Phi) is 4.41. The van der Waals surface area contributed by atoms with E-state index >= 15 is 0 Å². The average Bonchev–Trinajstić information content (AvgIpc) is 2.15. The van der Waals surface area contributed by atoms with Crippen molar-refractivity contribution in [1.82, 2.24) is 9.97 Å². The van der Waals surface area contributed by atoms with Crippen LogP contribution in [0.3, 0.4) is 0 Å².